The Hall–Kier alpha value is -2.27. The molecule has 1 aliphatic rings. The molecule has 1 aromatic rings. The molecule has 1 aromatic carbocycles. The molecule has 0 saturated heterocycles. The van der Waals surface area contributed by atoms with Crippen LogP contribution in [0.3, 0.4) is 0 Å². The summed E-state index contributed by atoms with van der Waals surface area (Å²) in [6.07, 6.45) is 7.26. The SMILES string of the molecule is C=CCN(C)C(C=CC)Oc1ccc2c(c1)CCCN2C(=O)OCC(C)C. The minimum atomic E-state index is -0.268. The summed E-state index contributed by atoms with van der Waals surface area (Å²) in [5.74, 6) is 1.12. The minimum absolute atomic E-state index is 0.165. The van der Waals surface area contributed by atoms with Gasteiger partial charge in [-0.2, -0.15) is 0 Å². The van der Waals surface area contributed by atoms with Crippen molar-refractivity contribution in [1.82, 2.24) is 4.90 Å². The fourth-order valence-electron chi connectivity index (χ4n) is 3.04. The molecule has 5 heteroatoms. The van der Waals surface area contributed by atoms with Crippen molar-refractivity contribution in [2.45, 2.75) is 39.8 Å². The van der Waals surface area contributed by atoms with Crippen LogP contribution in [0.2, 0.25) is 0 Å². The van der Waals surface area contributed by atoms with Gasteiger partial charge in [0.25, 0.3) is 0 Å². The Morgan fingerprint density at radius 1 is 1.41 bits per heavy atom. The molecule has 0 N–H and O–H groups in total. The van der Waals surface area contributed by atoms with Crippen LogP contribution in [0.5, 0.6) is 5.75 Å². The van der Waals surface area contributed by atoms with E-state index in [2.05, 4.69) is 11.5 Å². The van der Waals surface area contributed by atoms with E-state index >= 15 is 0 Å². The zero-order valence-corrected chi connectivity index (χ0v) is 17.0. The fourth-order valence-corrected chi connectivity index (χ4v) is 3.04. The third kappa shape index (κ3) is 5.86. The van der Waals surface area contributed by atoms with Crippen molar-refractivity contribution in [3.8, 4) is 5.75 Å². The number of fused-ring (bicyclic) bond motifs is 1. The van der Waals surface area contributed by atoms with Crippen LogP contribution < -0.4 is 9.64 Å². The smallest absolute Gasteiger partial charge is 0.414 e. The van der Waals surface area contributed by atoms with Gasteiger partial charge >= 0.3 is 6.09 Å². The van der Waals surface area contributed by atoms with Gasteiger partial charge in [-0.1, -0.05) is 26.0 Å². The van der Waals surface area contributed by atoms with Crippen molar-refractivity contribution in [3.05, 3.63) is 48.6 Å². The molecule has 0 radical (unpaired) electrons. The van der Waals surface area contributed by atoms with E-state index < -0.39 is 0 Å². The molecule has 1 atom stereocenters. The molecule has 0 fully saturated rings. The van der Waals surface area contributed by atoms with E-state index in [4.69, 9.17) is 9.47 Å². The van der Waals surface area contributed by atoms with Crippen molar-refractivity contribution in [2.75, 3.05) is 31.6 Å². The quantitative estimate of drug-likeness (QED) is 0.493. The highest BCUT2D eigenvalue weighted by molar-refractivity contribution is 5.89. The summed E-state index contributed by atoms with van der Waals surface area (Å²) >= 11 is 0. The van der Waals surface area contributed by atoms with Gasteiger partial charge in [0, 0.05) is 13.1 Å². The summed E-state index contributed by atoms with van der Waals surface area (Å²) in [7, 11) is 2.00. The number of anilines is 1. The number of hydrogen-bond acceptors (Lipinski definition) is 4. The van der Waals surface area contributed by atoms with E-state index in [9.17, 15) is 4.79 Å². The maximum absolute atomic E-state index is 12.4. The van der Waals surface area contributed by atoms with E-state index in [1.165, 1.54) is 0 Å². The second kappa shape index (κ2) is 10.2. The molecular weight excluding hydrogens is 340 g/mol. The van der Waals surface area contributed by atoms with Gasteiger partial charge in [-0.05, 0) is 62.6 Å². The molecule has 0 bridgehead atoms. The van der Waals surface area contributed by atoms with Gasteiger partial charge in [0.05, 0.1) is 12.3 Å². The van der Waals surface area contributed by atoms with Gasteiger partial charge < -0.3 is 9.47 Å². The largest absolute Gasteiger partial charge is 0.472 e. The van der Waals surface area contributed by atoms with E-state index in [0.717, 1.165) is 36.4 Å². The molecule has 1 heterocycles. The molecule has 148 valence electrons. The highest BCUT2D eigenvalue weighted by Gasteiger charge is 2.24. The van der Waals surface area contributed by atoms with E-state index in [1.807, 2.05) is 64.2 Å². The van der Waals surface area contributed by atoms with Gasteiger partial charge in [0.1, 0.15) is 5.75 Å². The second-order valence-corrected chi connectivity index (χ2v) is 7.28. The minimum Gasteiger partial charge on any atom is -0.472 e. The van der Waals surface area contributed by atoms with Crippen LogP contribution in [0, 0.1) is 5.92 Å². The van der Waals surface area contributed by atoms with E-state index in [0.29, 0.717) is 19.1 Å². The molecule has 2 rings (SSSR count). The number of allylic oxidation sites excluding steroid dienone is 1. The lowest BCUT2D eigenvalue weighted by molar-refractivity contribution is 0.0946. The number of ether oxygens (including phenoxy) is 2. The molecule has 0 spiro atoms. The average molecular weight is 373 g/mol. The number of aryl methyl sites for hydroxylation is 1. The van der Waals surface area contributed by atoms with Crippen LogP contribution >= 0.6 is 0 Å². The lowest BCUT2D eigenvalue weighted by Crippen LogP contribution is -2.37. The van der Waals surface area contributed by atoms with Crippen LogP contribution in [-0.2, 0) is 11.2 Å². The van der Waals surface area contributed by atoms with Crippen LogP contribution in [-0.4, -0.2) is 44.0 Å². The van der Waals surface area contributed by atoms with Crippen LogP contribution in [0.1, 0.15) is 32.8 Å². The highest BCUT2D eigenvalue weighted by Crippen LogP contribution is 2.31. The summed E-state index contributed by atoms with van der Waals surface area (Å²) in [5.41, 5.74) is 2.04. The van der Waals surface area contributed by atoms with Gasteiger partial charge in [-0.25, -0.2) is 4.79 Å². The second-order valence-electron chi connectivity index (χ2n) is 7.28. The summed E-state index contributed by atoms with van der Waals surface area (Å²) in [4.78, 5) is 16.2. The third-order valence-electron chi connectivity index (χ3n) is 4.40. The first-order valence-electron chi connectivity index (χ1n) is 9.64. The topological polar surface area (TPSA) is 42.0 Å². The number of nitrogens with zero attached hydrogens (tertiary/aromatic N) is 2. The predicted molar refractivity (Wildman–Crippen MR) is 110 cm³/mol. The Kier molecular flexibility index (Phi) is 7.92. The van der Waals surface area contributed by atoms with Crippen molar-refractivity contribution in [1.29, 1.82) is 0 Å². The first-order valence-corrected chi connectivity index (χ1v) is 9.64. The Labute approximate surface area is 163 Å². The lowest BCUT2D eigenvalue weighted by atomic mass is 10.0. The Bertz CT molecular complexity index is 670. The fraction of sp³-hybridized carbons (Fsp3) is 0.500. The number of carbonyl (C=O) groups is 1. The number of hydrogen-bond donors (Lipinski definition) is 0. The van der Waals surface area contributed by atoms with Crippen molar-refractivity contribution >= 4 is 11.8 Å². The summed E-state index contributed by atoms with van der Waals surface area (Å²) in [5, 5.41) is 0. The summed E-state index contributed by atoms with van der Waals surface area (Å²) in [6, 6.07) is 5.92. The van der Waals surface area contributed by atoms with Gasteiger partial charge in [-0.15, -0.1) is 6.58 Å². The van der Waals surface area contributed by atoms with E-state index in [1.54, 1.807) is 4.90 Å². The average Bonchev–Trinajstić information content (AvgIpc) is 2.65. The van der Waals surface area contributed by atoms with Gasteiger partial charge in [-0.3, -0.25) is 9.80 Å². The Morgan fingerprint density at radius 2 is 2.19 bits per heavy atom. The maximum Gasteiger partial charge on any atom is 0.414 e. The molecule has 0 aliphatic carbocycles. The third-order valence-corrected chi connectivity index (χ3v) is 4.40. The molecule has 0 aromatic heterocycles. The normalized spacial score (nSPS) is 15.1. The first-order chi connectivity index (χ1) is 13.0. The number of amides is 1. The zero-order chi connectivity index (χ0) is 19.8. The summed E-state index contributed by atoms with van der Waals surface area (Å²) in [6.45, 7) is 11.7. The highest BCUT2D eigenvalue weighted by atomic mass is 16.6. The van der Waals surface area contributed by atoms with Crippen LogP contribution in [0.15, 0.2) is 43.0 Å². The lowest BCUT2D eigenvalue weighted by Gasteiger charge is -2.30. The Morgan fingerprint density at radius 3 is 2.85 bits per heavy atom. The first kappa shape index (κ1) is 21.0. The number of carbonyl (C=O) groups excluding carboxylic acids is 1. The van der Waals surface area contributed by atoms with Gasteiger partial charge in [0.2, 0.25) is 0 Å². The molecular formula is C22H32N2O3. The standard InChI is InChI=1S/C22H32N2O3/c1-6-9-21(23(5)13-7-2)27-19-11-12-20-18(15-19)10-8-14-24(20)22(25)26-16-17(3)4/h6-7,9,11-12,15,17,21H,2,8,10,13-14,16H2,1,3-5H3. The zero-order valence-electron chi connectivity index (χ0n) is 17.0. The number of rotatable bonds is 8. The van der Waals surface area contributed by atoms with Crippen molar-refractivity contribution in [2.24, 2.45) is 5.92 Å². The number of likely N-dealkylation sites (N-methyl/N-ethyl adjacent to an activating group) is 1. The molecule has 5 nitrogen and oxygen atoms in total. The maximum atomic E-state index is 12.4. The molecule has 1 amide bonds. The van der Waals surface area contributed by atoms with Crippen LogP contribution in [0.4, 0.5) is 10.5 Å². The van der Waals surface area contributed by atoms with E-state index in [-0.39, 0.29) is 12.3 Å². The predicted octanol–water partition coefficient (Wildman–Crippen LogP) is 4.63. The van der Waals surface area contributed by atoms with Gasteiger partial charge in [0.15, 0.2) is 6.23 Å². The van der Waals surface area contributed by atoms with Crippen molar-refractivity contribution in [3.63, 3.8) is 0 Å². The summed E-state index contributed by atoms with van der Waals surface area (Å²) < 4.78 is 11.6. The molecule has 1 unspecified atom stereocenters. The number of benzene rings is 1. The monoisotopic (exact) mass is 372 g/mol. The van der Waals surface area contributed by atoms with Crippen molar-refractivity contribution < 1.29 is 14.3 Å². The molecule has 27 heavy (non-hydrogen) atoms. The molecule has 1 aliphatic heterocycles. The van der Waals surface area contributed by atoms with Crippen LogP contribution in [0.25, 0.3) is 0 Å². The molecule has 0 saturated carbocycles. The Balaban J connectivity index is 2.15.